The molecule has 114 valence electrons. The van der Waals surface area contributed by atoms with Crippen molar-refractivity contribution in [1.29, 1.82) is 0 Å². The van der Waals surface area contributed by atoms with E-state index in [1.54, 1.807) is 12.1 Å². The van der Waals surface area contributed by atoms with Gasteiger partial charge in [0, 0.05) is 44.8 Å². The van der Waals surface area contributed by atoms with E-state index in [4.69, 9.17) is 5.84 Å². The summed E-state index contributed by atoms with van der Waals surface area (Å²) in [7, 11) is 0. The normalized spacial score (nSPS) is 20.4. The fourth-order valence-electron chi connectivity index (χ4n) is 2.93. The van der Waals surface area contributed by atoms with Crippen molar-refractivity contribution in [2.75, 3.05) is 31.6 Å². The molecule has 3 N–H and O–H groups in total. The number of hydrazine groups is 1. The van der Waals surface area contributed by atoms with Crippen LogP contribution in [0.15, 0.2) is 18.2 Å². The highest BCUT2D eigenvalue weighted by atomic mass is 16.6. The molecule has 0 spiro atoms. The molecular formula is C14H21N5O2. The van der Waals surface area contributed by atoms with Gasteiger partial charge in [-0.3, -0.25) is 25.8 Å². The van der Waals surface area contributed by atoms with Gasteiger partial charge >= 0.3 is 0 Å². The molecule has 1 aromatic carbocycles. The van der Waals surface area contributed by atoms with Gasteiger partial charge in [0.05, 0.1) is 4.92 Å². The maximum Gasteiger partial charge on any atom is 0.293 e. The van der Waals surface area contributed by atoms with E-state index in [9.17, 15) is 10.1 Å². The lowest BCUT2D eigenvalue weighted by Crippen LogP contribution is -2.46. The van der Waals surface area contributed by atoms with Crippen LogP contribution in [0.3, 0.4) is 0 Å². The molecular weight excluding hydrogens is 270 g/mol. The van der Waals surface area contributed by atoms with Gasteiger partial charge in [0.2, 0.25) is 0 Å². The van der Waals surface area contributed by atoms with Gasteiger partial charge in [0.15, 0.2) is 0 Å². The number of nitrogen functional groups attached to an aromatic ring is 1. The number of hydrogen-bond acceptors (Lipinski definition) is 6. The minimum atomic E-state index is -0.399. The Morgan fingerprint density at radius 1 is 1.29 bits per heavy atom. The highest BCUT2D eigenvalue weighted by Crippen LogP contribution is 2.28. The van der Waals surface area contributed by atoms with Gasteiger partial charge in [-0.1, -0.05) is 6.07 Å². The number of nitro benzene ring substituents is 1. The zero-order valence-electron chi connectivity index (χ0n) is 12.0. The Labute approximate surface area is 123 Å². The Kier molecular flexibility index (Phi) is 4.05. The van der Waals surface area contributed by atoms with Crippen molar-refractivity contribution < 1.29 is 4.92 Å². The maximum atomic E-state index is 11.0. The molecule has 21 heavy (non-hydrogen) atoms. The van der Waals surface area contributed by atoms with Gasteiger partial charge < -0.3 is 5.43 Å². The summed E-state index contributed by atoms with van der Waals surface area (Å²) >= 11 is 0. The second-order valence-electron chi connectivity index (χ2n) is 5.80. The Bertz CT molecular complexity index is 524. The van der Waals surface area contributed by atoms with Crippen molar-refractivity contribution in [2.24, 2.45) is 5.84 Å². The van der Waals surface area contributed by atoms with Crippen LogP contribution in [0, 0.1) is 10.1 Å². The summed E-state index contributed by atoms with van der Waals surface area (Å²) in [4.78, 5) is 15.6. The Morgan fingerprint density at radius 2 is 2.00 bits per heavy atom. The van der Waals surface area contributed by atoms with Crippen LogP contribution in [0.5, 0.6) is 0 Å². The second kappa shape index (κ2) is 5.97. The van der Waals surface area contributed by atoms with E-state index in [1.807, 2.05) is 6.07 Å². The molecule has 1 heterocycles. The summed E-state index contributed by atoms with van der Waals surface area (Å²) < 4.78 is 0. The van der Waals surface area contributed by atoms with E-state index >= 15 is 0 Å². The average Bonchev–Trinajstić information content (AvgIpc) is 3.32. The minimum absolute atomic E-state index is 0.0339. The monoisotopic (exact) mass is 291 g/mol. The minimum Gasteiger partial charge on any atom is -0.318 e. The molecule has 0 atom stereocenters. The number of piperazine rings is 1. The highest BCUT2D eigenvalue weighted by Gasteiger charge is 2.31. The number of anilines is 1. The van der Waals surface area contributed by atoms with Gasteiger partial charge in [-0.15, -0.1) is 0 Å². The fourth-order valence-corrected chi connectivity index (χ4v) is 2.93. The molecule has 7 nitrogen and oxygen atoms in total. The summed E-state index contributed by atoms with van der Waals surface area (Å²) in [5.41, 5.74) is 3.71. The molecule has 7 heteroatoms. The van der Waals surface area contributed by atoms with Crippen LogP contribution >= 0.6 is 0 Å². The van der Waals surface area contributed by atoms with Crippen molar-refractivity contribution in [3.8, 4) is 0 Å². The maximum absolute atomic E-state index is 11.0. The lowest BCUT2D eigenvalue weighted by molar-refractivity contribution is -0.384. The zero-order valence-corrected chi connectivity index (χ0v) is 12.0. The number of nitrogens with two attached hydrogens (primary N) is 1. The second-order valence-corrected chi connectivity index (χ2v) is 5.80. The molecule has 1 aliphatic heterocycles. The van der Waals surface area contributed by atoms with E-state index in [1.165, 1.54) is 12.8 Å². The lowest BCUT2D eigenvalue weighted by Gasteiger charge is -2.34. The summed E-state index contributed by atoms with van der Waals surface area (Å²) in [6.45, 7) is 5.02. The first kappa shape index (κ1) is 14.2. The topological polar surface area (TPSA) is 87.7 Å². The van der Waals surface area contributed by atoms with Crippen molar-refractivity contribution in [3.05, 3.63) is 33.9 Å². The summed E-state index contributed by atoms with van der Waals surface area (Å²) in [5.74, 6) is 5.30. The van der Waals surface area contributed by atoms with Crippen molar-refractivity contribution >= 4 is 11.4 Å². The molecule has 0 radical (unpaired) electrons. The molecule has 0 aromatic heterocycles. The van der Waals surface area contributed by atoms with E-state index in [0.29, 0.717) is 5.69 Å². The van der Waals surface area contributed by atoms with E-state index in [0.717, 1.165) is 44.3 Å². The summed E-state index contributed by atoms with van der Waals surface area (Å²) in [6, 6.07) is 6.01. The Morgan fingerprint density at radius 3 is 2.57 bits per heavy atom. The molecule has 0 unspecified atom stereocenters. The average molecular weight is 291 g/mol. The van der Waals surface area contributed by atoms with Gasteiger partial charge in [0.25, 0.3) is 5.69 Å². The van der Waals surface area contributed by atoms with Gasteiger partial charge in [0.1, 0.15) is 5.69 Å². The molecule has 1 saturated carbocycles. The molecule has 0 amide bonds. The molecule has 1 aromatic rings. The van der Waals surface area contributed by atoms with Gasteiger partial charge in [-0.2, -0.15) is 0 Å². The first-order valence-corrected chi connectivity index (χ1v) is 7.37. The largest absolute Gasteiger partial charge is 0.318 e. The summed E-state index contributed by atoms with van der Waals surface area (Å²) in [6.07, 6.45) is 2.69. The first-order valence-electron chi connectivity index (χ1n) is 7.37. The zero-order chi connectivity index (χ0) is 14.8. The summed E-state index contributed by atoms with van der Waals surface area (Å²) in [5, 5.41) is 11.0. The first-order chi connectivity index (χ1) is 10.2. The van der Waals surface area contributed by atoms with Crippen molar-refractivity contribution in [2.45, 2.75) is 25.4 Å². The lowest BCUT2D eigenvalue weighted by atomic mass is 10.1. The van der Waals surface area contributed by atoms with Crippen LogP contribution in [-0.4, -0.2) is 46.9 Å². The number of hydrogen-bond donors (Lipinski definition) is 2. The third-order valence-corrected chi connectivity index (χ3v) is 4.29. The van der Waals surface area contributed by atoms with Crippen LogP contribution < -0.4 is 11.3 Å². The third kappa shape index (κ3) is 3.31. The van der Waals surface area contributed by atoms with E-state index in [2.05, 4.69) is 15.2 Å². The Hall–Kier alpha value is -1.70. The molecule has 1 saturated heterocycles. The molecule has 0 bridgehead atoms. The number of nitro groups is 1. The number of rotatable bonds is 5. The van der Waals surface area contributed by atoms with Gasteiger partial charge in [-0.25, -0.2) is 0 Å². The molecule has 2 fully saturated rings. The van der Waals surface area contributed by atoms with E-state index < -0.39 is 4.92 Å². The predicted molar refractivity (Wildman–Crippen MR) is 80.8 cm³/mol. The van der Waals surface area contributed by atoms with Crippen LogP contribution in [0.25, 0.3) is 0 Å². The number of nitrogens with zero attached hydrogens (tertiary/aromatic N) is 3. The van der Waals surface area contributed by atoms with Crippen LogP contribution in [0.1, 0.15) is 18.4 Å². The molecule has 3 rings (SSSR count). The smallest absolute Gasteiger partial charge is 0.293 e. The standard InChI is InChI=1S/C14H21N5O2/c15-16-13-4-1-11(9-14(13)19(20)21)10-17-5-7-18(8-6-17)12-2-3-12/h1,4,9,12,16H,2-3,5-8,10,15H2. The number of nitrogens with one attached hydrogen (secondary N) is 1. The van der Waals surface area contributed by atoms with Crippen LogP contribution in [-0.2, 0) is 6.54 Å². The predicted octanol–water partition coefficient (Wildman–Crippen LogP) is 1.16. The molecule has 1 aliphatic carbocycles. The SMILES string of the molecule is NNc1ccc(CN2CCN(C3CC3)CC2)cc1[N+](=O)[O-]. The van der Waals surface area contributed by atoms with Gasteiger partial charge in [-0.05, 0) is 24.5 Å². The fraction of sp³-hybridized carbons (Fsp3) is 0.571. The van der Waals surface area contributed by atoms with E-state index in [-0.39, 0.29) is 5.69 Å². The van der Waals surface area contributed by atoms with Crippen molar-refractivity contribution in [1.82, 2.24) is 9.80 Å². The Balaban J connectivity index is 1.62. The van der Waals surface area contributed by atoms with Crippen LogP contribution in [0.4, 0.5) is 11.4 Å². The number of benzene rings is 1. The van der Waals surface area contributed by atoms with Crippen molar-refractivity contribution in [3.63, 3.8) is 0 Å². The highest BCUT2D eigenvalue weighted by molar-refractivity contribution is 5.61. The molecule has 2 aliphatic rings. The van der Waals surface area contributed by atoms with Crippen LogP contribution in [0.2, 0.25) is 0 Å². The third-order valence-electron chi connectivity index (χ3n) is 4.29. The quantitative estimate of drug-likeness (QED) is 0.481.